The number of hydrogen-bond donors (Lipinski definition) is 1. The lowest BCUT2D eigenvalue weighted by Gasteiger charge is -2.07. The normalized spacial score (nSPS) is 12.3. The maximum atomic E-state index is 12.3. The third-order valence-electron chi connectivity index (χ3n) is 4.52. The van der Waals surface area contributed by atoms with Crippen LogP contribution in [0.3, 0.4) is 0 Å². The van der Waals surface area contributed by atoms with Crippen LogP contribution in [0.5, 0.6) is 0 Å². The number of ketones is 1. The maximum absolute atomic E-state index is 12.3. The van der Waals surface area contributed by atoms with Gasteiger partial charge in [0.25, 0.3) is 0 Å². The summed E-state index contributed by atoms with van der Waals surface area (Å²) >= 11 is 0. The molecule has 126 valence electrons. The fourth-order valence-electron chi connectivity index (χ4n) is 3.14. The molecule has 0 aromatic heterocycles. The summed E-state index contributed by atoms with van der Waals surface area (Å²) in [6, 6.07) is 15.1. The van der Waals surface area contributed by atoms with Crippen LogP contribution in [0, 0.1) is 11.3 Å². The van der Waals surface area contributed by atoms with Crippen molar-refractivity contribution in [2.75, 3.05) is 5.32 Å². The summed E-state index contributed by atoms with van der Waals surface area (Å²) in [6.45, 7) is 0. The Bertz CT molecular complexity index is 832. The monoisotopic (exact) mass is 332 g/mol. The molecular weight excluding hydrogens is 312 g/mol. The fraction of sp³-hybridized carbons (Fsp3) is 0.286. The van der Waals surface area contributed by atoms with Gasteiger partial charge < -0.3 is 5.32 Å². The number of carbonyl (C=O) groups excluding carboxylic acids is 2. The molecule has 0 saturated heterocycles. The second-order valence-corrected chi connectivity index (χ2v) is 6.34. The highest BCUT2D eigenvalue weighted by molar-refractivity contribution is 6.00. The van der Waals surface area contributed by atoms with E-state index in [1.807, 2.05) is 30.3 Å². The summed E-state index contributed by atoms with van der Waals surface area (Å²) in [7, 11) is 0. The minimum Gasteiger partial charge on any atom is -0.326 e. The van der Waals surface area contributed by atoms with Gasteiger partial charge in [-0.2, -0.15) is 5.26 Å². The highest BCUT2D eigenvalue weighted by Gasteiger charge is 2.15. The van der Waals surface area contributed by atoms with Gasteiger partial charge in [-0.25, -0.2) is 0 Å². The molecule has 0 saturated carbocycles. The topological polar surface area (TPSA) is 70.0 Å². The Morgan fingerprint density at radius 3 is 2.52 bits per heavy atom. The molecule has 0 heterocycles. The second-order valence-electron chi connectivity index (χ2n) is 6.34. The number of fused-ring (bicyclic) bond motifs is 1. The van der Waals surface area contributed by atoms with E-state index in [-0.39, 0.29) is 24.5 Å². The Hall–Kier alpha value is -2.93. The number of amides is 1. The van der Waals surface area contributed by atoms with Crippen molar-refractivity contribution >= 4 is 17.4 Å². The molecule has 0 radical (unpaired) electrons. The van der Waals surface area contributed by atoms with E-state index in [2.05, 4.69) is 11.4 Å². The fourth-order valence-corrected chi connectivity index (χ4v) is 3.14. The van der Waals surface area contributed by atoms with Crippen LogP contribution in [0.15, 0.2) is 42.5 Å². The Labute approximate surface area is 147 Å². The van der Waals surface area contributed by atoms with Crippen LogP contribution in [0.25, 0.3) is 0 Å². The summed E-state index contributed by atoms with van der Waals surface area (Å²) in [5.74, 6) is -0.170. The molecule has 0 unspecified atom stereocenters. The van der Waals surface area contributed by atoms with E-state index in [0.717, 1.165) is 24.8 Å². The van der Waals surface area contributed by atoms with Gasteiger partial charge in [0.1, 0.15) is 0 Å². The van der Waals surface area contributed by atoms with E-state index >= 15 is 0 Å². The van der Waals surface area contributed by atoms with Crippen LogP contribution in [0.4, 0.5) is 5.69 Å². The van der Waals surface area contributed by atoms with Gasteiger partial charge in [-0.1, -0.05) is 24.3 Å². The van der Waals surface area contributed by atoms with E-state index in [0.29, 0.717) is 17.7 Å². The van der Waals surface area contributed by atoms with Crippen molar-refractivity contribution in [2.45, 2.75) is 38.5 Å². The first kappa shape index (κ1) is 16.9. The number of aryl methyl sites for hydroxylation is 2. The number of nitrogens with one attached hydrogen (secondary N) is 1. The van der Waals surface area contributed by atoms with Crippen molar-refractivity contribution in [3.05, 3.63) is 64.7 Å². The number of Topliss-reactive ketones (excluding diaryl/α,β-unsaturated/α-hetero) is 1. The van der Waals surface area contributed by atoms with Crippen LogP contribution < -0.4 is 5.32 Å². The van der Waals surface area contributed by atoms with E-state index < -0.39 is 0 Å². The molecule has 0 atom stereocenters. The van der Waals surface area contributed by atoms with Gasteiger partial charge in [-0.05, 0) is 54.2 Å². The molecule has 0 bridgehead atoms. The van der Waals surface area contributed by atoms with Gasteiger partial charge in [0, 0.05) is 24.1 Å². The number of benzene rings is 2. The molecule has 25 heavy (non-hydrogen) atoms. The molecule has 2 aromatic rings. The Morgan fingerprint density at radius 2 is 1.76 bits per heavy atom. The molecule has 1 N–H and O–H groups in total. The maximum Gasteiger partial charge on any atom is 0.224 e. The molecule has 0 spiro atoms. The van der Waals surface area contributed by atoms with Crippen LogP contribution in [0.2, 0.25) is 0 Å². The van der Waals surface area contributed by atoms with Gasteiger partial charge in [0.2, 0.25) is 5.91 Å². The number of anilines is 1. The second kappa shape index (κ2) is 7.76. The minimum atomic E-state index is -0.178. The van der Waals surface area contributed by atoms with E-state index in [1.165, 1.54) is 11.1 Å². The first-order valence-electron chi connectivity index (χ1n) is 8.56. The summed E-state index contributed by atoms with van der Waals surface area (Å²) in [5, 5.41) is 11.4. The largest absolute Gasteiger partial charge is 0.326 e. The number of rotatable bonds is 6. The van der Waals surface area contributed by atoms with Crippen molar-refractivity contribution in [3.63, 3.8) is 0 Å². The van der Waals surface area contributed by atoms with E-state index in [9.17, 15) is 9.59 Å². The lowest BCUT2D eigenvalue weighted by atomic mass is 10.0. The minimum absolute atomic E-state index is 0.00854. The molecule has 4 heteroatoms. The van der Waals surface area contributed by atoms with Gasteiger partial charge in [0.05, 0.1) is 12.5 Å². The lowest BCUT2D eigenvalue weighted by molar-refractivity contribution is -0.116. The third-order valence-corrected chi connectivity index (χ3v) is 4.52. The summed E-state index contributed by atoms with van der Waals surface area (Å²) < 4.78 is 0. The van der Waals surface area contributed by atoms with Crippen molar-refractivity contribution < 1.29 is 9.59 Å². The molecule has 4 nitrogen and oxygen atoms in total. The number of hydrogen-bond acceptors (Lipinski definition) is 3. The average molecular weight is 332 g/mol. The molecule has 1 aliphatic rings. The zero-order valence-corrected chi connectivity index (χ0v) is 14.0. The van der Waals surface area contributed by atoms with Crippen molar-refractivity contribution in [2.24, 2.45) is 0 Å². The first-order chi connectivity index (χ1) is 12.2. The summed E-state index contributed by atoms with van der Waals surface area (Å²) in [4.78, 5) is 24.3. The molecular formula is C21H20N2O2. The lowest BCUT2D eigenvalue weighted by Crippen LogP contribution is -2.13. The third kappa shape index (κ3) is 4.33. The van der Waals surface area contributed by atoms with Crippen molar-refractivity contribution in [3.8, 4) is 6.07 Å². The highest BCUT2D eigenvalue weighted by Crippen LogP contribution is 2.23. The Balaban J connectivity index is 1.51. The van der Waals surface area contributed by atoms with E-state index in [1.54, 1.807) is 12.1 Å². The van der Waals surface area contributed by atoms with Crippen molar-refractivity contribution in [1.82, 2.24) is 0 Å². The molecule has 0 fully saturated rings. The SMILES string of the molecule is N#CCc1ccc(NC(=O)CCC(=O)c2ccc3c(c2)CCC3)cc1. The molecule has 0 aliphatic heterocycles. The standard InChI is InChI=1S/C21H20N2O2/c22-13-12-15-4-8-19(9-5-15)23-21(25)11-10-20(24)18-7-6-16-2-1-3-17(16)14-18/h4-9,14H,1-3,10-12H2,(H,23,25). The highest BCUT2D eigenvalue weighted by atomic mass is 16.2. The van der Waals surface area contributed by atoms with Crippen molar-refractivity contribution in [1.29, 1.82) is 5.26 Å². The van der Waals surface area contributed by atoms with Crippen LogP contribution >= 0.6 is 0 Å². The summed E-state index contributed by atoms with van der Waals surface area (Å²) in [6.07, 6.45) is 4.01. The van der Waals surface area contributed by atoms with Gasteiger partial charge in [-0.3, -0.25) is 9.59 Å². The molecule has 2 aromatic carbocycles. The number of nitriles is 1. The quantitative estimate of drug-likeness (QED) is 0.817. The molecule has 3 rings (SSSR count). The zero-order chi connectivity index (χ0) is 17.6. The first-order valence-corrected chi connectivity index (χ1v) is 8.56. The predicted molar refractivity (Wildman–Crippen MR) is 96.4 cm³/mol. The summed E-state index contributed by atoms with van der Waals surface area (Å²) in [5.41, 5.74) is 4.90. The predicted octanol–water partition coefficient (Wildman–Crippen LogP) is 3.84. The van der Waals surface area contributed by atoms with Gasteiger partial charge in [0.15, 0.2) is 5.78 Å². The van der Waals surface area contributed by atoms with Crippen LogP contribution in [-0.2, 0) is 24.1 Å². The van der Waals surface area contributed by atoms with Crippen LogP contribution in [-0.4, -0.2) is 11.7 Å². The van der Waals surface area contributed by atoms with Gasteiger partial charge in [-0.15, -0.1) is 0 Å². The number of carbonyl (C=O) groups is 2. The van der Waals surface area contributed by atoms with Crippen LogP contribution in [0.1, 0.15) is 46.3 Å². The molecule has 1 aliphatic carbocycles. The number of nitrogens with zero attached hydrogens (tertiary/aromatic N) is 1. The Kier molecular flexibility index (Phi) is 5.25. The molecule has 1 amide bonds. The Morgan fingerprint density at radius 1 is 1.00 bits per heavy atom. The smallest absolute Gasteiger partial charge is 0.224 e. The average Bonchev–Trinajstić information content (AvgIpc) is 3.09. The zero-order valence-electron chi connectivity index (χ0n) is 14.0. The van der Waals surface area contributed by atoms with E-state index in [4.69, 9.17) is 5.26 Å². The van der Waals surface area contributed by atoms with Gasteiger partial charge >= 0.3 is 0 Å².